The predicted molar refractivity (Wildman–Crippen MR) is 69.1 cm³/mol. The molecule has 0 unspecified atom stereocenters. The summed E-state index contributed by atoms with van der Waals surface area (Å²) in [4.78, 5) is 23.1. The summed E-state index contributed by atoms with van der Waals surface area (Å²) in [6, 6.07) is 11.3. The lowest BCUT2D eigenvalue weighted by atomic mass is 10.1. The fourth-order valence-corrected chi connectivity index (χ4v) is 1.55. The van der Waals surface area contributed by atoms with Gasteiger partial charge in [-0.3, -0.25) is 0 Å². The van der Waals surface area contributed by atoms with Crippen LogP contribution in [0.2, 0.25) is 0 Å². The Morgan fingerprint density at radius 1 is 0.900 bits per heavy atom. The van der Waals surface area contributed by atoms with E-state index in [9.17, 15) is 14.0 Å². The molecule has 20 heavy (non-hydrogen) atoms. The molecule has 0 saturated carbocycles. The van der Waals surface area contributed by atoms with Gasteiger partial charge in [0.15, 0.2) is 11.6 Å². The smallest absolute Gasteiger partial charge is 0.343 e. The largest absolute Gasteiger partial charge is 0.465 e. The van der Waals surface area contributed by atoms with Crippen LogP contribution in [0.1, 0.15) is 20.7 Å². The second-order valence-corrected chi connectivity index (χ2v) is 3.89. The maximum atomic E-state index is 13.3. The van der Waals surface area contributed by atoms with E-state index in [4.69, 9.17) is 4.74 Å². The molecule has 5 heteroatoms. The summed E-state index contributed by atoms with van der Waals surface area (Å²) in [7, 11) is 1.27. The van der Waals surface area contributed by atoms with Crippen molar-refractivity contribution in [3.05, 3.63) is 65.5 Å². The maximum Gasteiger partial charge on any atom is 0.343 e. The molecule has 2 rings (SSSR count). The van der Waals surface area contributed by atoms with E-state index < -0.39 is 17.8 Å². The van der Waals surface area contributed by atoms with E-state index in [1.165, 1.54) is 49.6 Å². The molecule has 0 saturated heterocycles. The molecule has 0 spiro atoms. The number of hydrogen-bond donors (Lipinski definition) is 0. The number of carbonyl (C=O) groups is 2. The second kappa shape index (κ2) is 5.97. The Kier molecular flexibility index (Phi) is 4.10. The first kappa shape index (κ1) is 13.7. The SMILES string of the molecule is COC(=O)c1ccc(C(=O)Oc2ccccc2F)cc1. The van der Waals surface area contributed by atoms with Gasteiger partial charge in [0.25, 0.3) is 0 Å². The van der Waals surface area contributed by atoms with Crippen LogP contribution in [0.4, 0.5) is 4.39 Å². The fraction of sp³-hybridized carbons (Fsp3) is 0.0667. The summed E-state index contributed by atoms with van der Waals surface area (Å²) >= 11 is 0. The Bertz CT molecular complexity index is 635. The van der Waals surface area contributed by atoms with Gasteiger partial charge in [-0.2, -0.15) is 0 Å². The lowest BCUT2D eigenvalue weighted by molar-refractivity contribution is 0.0599. The van der Waals surface area contributed by atoms with Crippen LogP contribution < -0.4 is 4.74 Å². The van der Waals surface area contributed by atoms with Crippen molar-refractivity contribution >= 4 is 11.9 Å². The maximum absolute atomic E-state index is 13.3. The van der Waals surface area contributed by atoms with Crippen LogP contribution in [0.3, 0.4) is 0 Å². The Morgan fingerprint density at radius 3 is 2.00 bits per heavy atom. The zero-order valence-electron chi connectivity index (χ0n) is 10.6. The number of ether oxygens (including phenoxy) is 2. The highest BCUT2D eigenvalue weighted by Gasteiger charge is 2.12. The number of para-hydroxylation sites is 1. The van der Waals surface area contributed by atoms with Crippen molar-refractivity contribution in [2.24, 2.45) is 0 Å². The highest BCUT2D eigenvalue weighted by Crippen LogP contribution is 2.17. The number of methoxy groups -OCH3 is 1. The fourth-order valence-electron chi connectivity index (χ4n) is 1.55. The summed E-state index contributed by atoms with van der Waals surface area (Å²) in [5.74, 6) is -1.97. The minimum atomic E-state index is -0.702. The molecular formula is C15H11FO4. The second-order valence-electron chi connectivity index (χ2n) is 3.89. The first-order chi connectivity index (χ1) is 9.61. The average molecular weight is 274 g/mol. The van der Waals surface area contributed by atoms with Gasteiger partial charge in [-0.15, -0.1) is 0 Å². The number of rotatable bonds is 3. The third-order valence-corrected chi connectivity index (χ3v) is 2.58. The van der Waals surface area contributed by atoms with Gasteiger partial charge in [-0.05, 0) is 36.4 Å². The van der Waals surface area contributed by atoms with E-state index in [2.05, 4.69) is 4.74 Å². The predicted octanol–water partition coefficient (Wildman–Crippen LogP) is 2.83. The Balaban J connectivity index is 2.14. The molecule has 0 heterocycles. The minimum absolute atomic E-state index is 0.144. The topological polar surface area (TPSA) is 52.6 Å². The van der Waals surface area contributed by atoms with Gasteiger partial charge in [0, 0.05) is 0 Å². The molecule has 102 valence electrons. The van der Waals surface area contributed by atoms with Crippen LogP contribution in [0.5, 0.6) is 5.75 Å². The summed E-state index contributed by atoms with van der Waals surface area (Å²) in [6.07, 6.45) is 0. The molecule has 0 fully saturated rings. The first-order valence-corrected chi connectivity index (χ1v) is 5.77. The summed E-state index contributed by atoms with van der Waals surface area (Å²) in [5.41, 5.74) is 0.524. The number of hydrogen-bond acceptors (Lipinski definition) is 4. The molecule has 0 aliphatic carbocycles. The van der Waals surface area contributed by atoms with Crippen molar-refractivity contribution in [2.45, 2.75) is 0 Å². The highest BCUT2D eigenvalue weighted by molar-refractivity contribution is 5.94. The quantitative estimate of drug-likeness (QED) is 0.638. The van der Waals surface area contributed by atoms with Crippen molar-refractivity contribution in [1.29, 1.82) is 0 Å². The van der Waals surface area contributed by atoms with E-state index in [0.29, 0.717) is 5.56 Å². The molecule has 0 bridgehead atoms. The molecule has 0 aliphatic rings. The third-order valence-electron chi connectivity index (χ3n) is 2.58. The lowest BCUT2D eigenvalue weighted by Gasteiger charge is -2.05. The van der Waals surface area contributed by atoms with E-state index in [1.54, 1.807) is 6.07 Å². The lowest BCUT2D eigenvalue weighted by Crippen LogP contribution is -2.10. The van der Waals surface area contributed by atoms with Crippen LogP contribution in [-0.2, 0) is 4.74 Å². The van der Waals surface area contributed by atoms with E-state index in [1.807, 2.05) is 0 Å². The molecule has 4 nitrogen and oxygen atoms in total. The molecule has 2 aromatic rings. The normalized spacial score (nSPS) is 9.90. The number of carbonyl (C=O) groups excluding carboxylic acids is 2. The van der Waals surface area contributed by atoms with Gasteiger partial charge in [0.2, 0.25) is 0 Å². The molecule has 0 aliphatic heterocycles. The van der Waals surface area contributed by atoms with Crippen molar-refractivity contribution in [3.63, 3.8) is 0 Å². The van der Waals surface area contributed by atoms with Gasteiger partial charge < -0.3 is 9.47 Å². The standard InChI is InChI=1S/C15H11FO4/c1-19-14(17)10-6-8-11(9-7-10)15(18)20-13-5-3-2-4-12(13)16/h2-9H,1H3. The summed E-state index contributed by atoms with van der Waals surface area (Å²) < 4.78 is 22.8. The third kappa shape index (κ3) is 3.00. The van der Waals surface area contributed by atoms with Gasteiger partial charge in [-0.25, -0.2) is 14.0 Å². The van der Waals surface area contributed by atoms with Crippen LogP contribution in [0, 0.1) is 5.82 Å². The number of esters is 2. The van der Waals surface area contributed by atoms with Gasteiger partial charge in [0.1, 0.15) is 0 Å². The van der Waals surface area contributed by atoms with Crippen LogP contribution in [0.15, 0.2) is 48.5 Å². The Labute approximate surface area is 114 Å². The van der Waals surface area contributed by atoms with Crippen molar-refractivity contribution in [1.82, 2.24) is 0 Å². The molecule has 0 aromatic heterocycles. The first-order valence-electron chi connectivity index (χ1n) is 5.77. The van der Waals surface area contributed by atoms with Crippen LogP contribution in [-0.4, -0.2) is 19.0 Å². The Morgan fingerprint density at radius 2 is 1.45 bits per heavy atom. The zero-order valence-corrected chi connectivity index (χ0v) is 10.6. The van der Waals surface area contributed by atoms with Gasteiger partial charge in [0.05, 0.1) is 18.2 Å². The molecule has 0 atom stereocenters. The van der Waals surface area contributed by atoms with Crippen LogP contribution in [0.25, 0.3) is 0 Å². The number of benzene rings is 2. The van der Waals surface area contributed by atoms with E-state index in [-0.39, 0.29) is 11.3 Å². The molecule has 0 N–H and O–H groups in total. The van der Waals surface area contributed by atoms with Crippen molar-refractivity contribution in [3.8, 4) is 5.75 Å². The van der Waals surface area contributed by atoms with E-state index in [0.717, 1.165) is 0 Å². The molecule has 0 radical (unpaired) electrons. The summed E-state index contributed by atoms with van der Waals surface area (Å²) in [5, 5.41) is 0. The Hall–Kier alpha value is -2.69. The summed E-state index contributed by atoms with van der Waals surface area (Å²) in [6.45, 7) is 0. The number of halogens is 1. The molecule has 2 aromatic carbocycles. The molecule has 0 amide bonds. The van der Waals surface area contributed by atoms with Gasteiger partial charge in [-0.1, -0.05) is 12.1 Å². The average Bonchev–Trinajstić information content (AvgIpc) is 2.49. The van der Waals surface area contributed by atoms with E-state index >= 15 is 0 Å². The van der Waals surface area contributed by atoms with Crippen LogP contribution >= 0.6 is 0 Å². The monoisotopic (exact) mass is 274 g/mol. The van der Waals surface area contributed by atoms with Crippen molar-refractivity contribution in [2.75, 3.05) is 7.11 Å². The van der Waals surface area contributed by atoms with Crippen molar-refractivity contribution < 1.29 is 23.5 Å². The van der Waals surface area contributed by atoms with Gasteiger partial charge >= 0.3 is 11.9 Å². The zero-order chi connectivity index (χ0) is 14.5. The highest BCUT2D eigenvalue weighted by atomic mass is 19.1. The minimum Gasteiger partial charge on any atom is -0.465 e. The molecular weight excluding hydrogens is 263 g/mol.